The number of ketones is 1. The molecular formula is C23H21Cl2NO3. The molecule has 150 valence electrons. The van der Waals surface area contributed by atoms with E-state index in [0.29, 0.717) is 52.9 Å². The van der Waals surface area contributed by atoms with Crippen molar-refractivity contribution in [1.82, 2.24) is 0 Å². The molecule has 4 nitrogen and oxygen atoms in total. The lowest BCUT2D eigenvalue weighted by Gasteiger charge is -2.39. The Bertz CT molecular complexity index is 1010. The molecule has 2 aromatic carbocycles. The summed E-state index contributed by atoms with van der Waals surface area (Å²) < 4.78 is 5.79. The number of Topliss-reactive ketones (excluding diaryl/α,β-unsaturated/α-hetero) is 1. The number of carbonyl (C=O) groups is 2. The zero-order chi connectivity index (χ0) is 20.5. The van der Waals surface area contributed by atoms with Gasteiger partial charge in [0.1, 0.15) is 5.75 Å². The number of allylic oxidation sites excluding steroid dienone is 2. The van der Waals surface area contributed by atoms with Crippen molar-refractivity contribution in [3.05, 3.63) is 69.3 Å². The first-order valence-electron chi connectivity index (χ1n) is 9.77. The van der Waals surface area contributed by atoms with Crippen LogP contribution in [0.4, 0.5) is 5.69 Å². The monoisotopic (exact) mass is 429 g/mol. The maximum Gasteiger partial charge on any atom is 0.232 e. The Labute approximate surface area is 180 Å². The molecule has 2 aromatic rings. The molecule has 0 bridgehead atoms. The Morgan fingerprint density at radius 3 is 2.66 bits per heavy atom. The van der Waals surface area contributed by atoms with Gasteiger partial charge in [-0.25, -0.2) is 0 Å². The van der Waals surface area contributed by atoms with E-state index in [-0.39, 0.29) is 24.0 Å². The SMILES string of the molecule is CCOc1ccccc1C1CC(=O)N(c2cccc(Cl)c2Cl)C2=C1C(=O)CCC2. The van der Waals surface area contributed by atoms with Crippen molar-refractivity contribution >= 4 is 40.6 Å². The smallest absolute Gasteiger partial charge is 0.232 e. The Balaban J connectivity index is 1.89. The highest BCUT2D eigenvalue weighted by Gasteiger charge is 2.41. The van der Waals surface area contributed by atoms with Crippen LogP contribution in [0.2, 0.25) is 10.0 Å². The third-order valence-electron chi connectivity index (χ3n) is 5.44. The second-order valence-electron chi connectivity index (χ2n) is 7.17. The molecule has 6 heteroatoms. The van der Waals surface area contributed by atoms with Gasteiger partial charge in [0.05, 0.1) is 22.3 Å². The van der Waals surface area contributed by atoms with Gasteiger partial charge in [-0.05, 0) is 38.0 Å². The molecule has 2 aliphatic rings. The molecule has 1 amide bonds. The van der Waals surface area contributed by atoms with Gasteiger partial charge >= 0.3 is 0 Å². The van der Waals surface area contributed by atoms with Crippen LogP contribution in [-0.2, 0) is 9.59 Å². The summed E-state index contributed by atoms with van der Waals surface area (Å²) in [6.07, 6.45) is 2.01. The average molecular weight is 430 g/mol. The molecule has 1 aliphatic carbocycles. The van der Waals surface area contributed by atoms with Crippen molar-refractivity contribution in [2.24, 2.45) is 0 Å². The number of hydrogen-bond acceptors (Lipinski definition) is 3. The summed E-state index contributed by atoms with van der Waals surface area (Å²) in [5, 5.41) is 0.700. The molecule has 1 heterocycles. The second-order valence-corrected chi connectivity index (χ2v) is 7.95. The summed E-state index contributed by atoms with van der Waals surface area (Å²) >= 11 is 12.6. The van der Waals surface area contributed by atoms with Gasteiger partial charge in [-0.1, -0.05) is 47.5 Å². The molecule has 0 saturated heterocycles. The third kappa shape index (κ3) is 3.56. The molecule has 0 N–H and O–H groups in total. The van der Waals surface area contributed by atoms with Crippen LogP contribution in [0, 0.1) is 0 Å². The first-order valence-corrected chi connectivity index (χ1v) is 10.5. The Morgan fingerprint density at radius 1 is 1.07 bits per heavy atom. The average Bonchev–Trinajstić information content (AvgIpc) is 2.71. The fourth-order valence-electron chi connectivity index (χ4n) is 4.26. The quantitative estimate of drug-likeness (QED) is 0.605. The zero-order valence-corrected chi connectivity index (χ0v) is 17.6. The Kier molecular flexibility index (Phi) is 5.66. The molecule has 29 heavy (non-hydrogen) atoms. The van der Waals surface area contributed by atoms with Gasteiger partial charge in [0.25, 0.3) is 0 Å². The Morgan fingerprint density at radius 2 is 1.86 bits per heavy atom. The molecule has 1 unspecified atom stereocenters. The van der Waals surface area contributed by atoms with Gasteiger partial charge in [0.2, 0.25) is 5.91 Å². The summed E-state index contributed by atoms with van der Waals surface area (Å²) in [4.78, 5) is 27.9. The van der Waals surface area contributed by atoms with Crippen LogP contribution in [0.15, 0.2) is 53.7 Å². The minimum atomic E-state index is -0.317. The second kappa shape index (κ2) is 8.21. The summed E-state index contributed by atoms with van der Waals surface area (Å²) in [6.45, 7) is 2.43. The van der Waals surface area contributed by atoms with E-state index in [1.54, 1.807) is 23.1 Å². The van der Waals surface area contributed by atoms with Crippen LogP contribution in [0.25, 0.3) is 0 Å². The van der Waals surface area contributed by atoms with Crippen molar-refractivity contribution in [3.8, 4) is 5.75 Å². The van der Waals surface area contributed by atoms with Crippen molar-refractivity contribution in [2.75, 3.05) is 11.5 Å². The van der Waals surface area contributed by atoms with E-state index in [4.69, 9.17) is 27.9 Å². The third-order valence-corrected chi connectivity index (χ3v) is 6.25. The van der Waals surface area contributed by atoms with Gasteiger partial charge in [-0.3, -0.25) is 14.5 Å². The molecule has 0 saturated carbocycles. The molecular weight excluding hydrogens is 409 g/mol. The van der Waals surface area contributed by atoms with Crippen LogP contribution in [0.3, 0.4) is 0 Å². The molecule has 0 radical (unpaired) electrons. The van der Waals surface area contributed by atoms with E-state index < -0.39 is 0 Å². The maximum atomic E-state index is 13.3. The number of amides is 1. The number of nitrogens with zero attached hydrogens (tertiary/aromatic N) is 1. The minimum Gasteiger partial charge on any atom is -0.494 e. The molecule has 4 rings (SSSR count). The van der Waals surface area contributed by atoms with Crippen molar-refractivity contribution in [2.45, 2.75) is 38.5 Å². The number of carbonyl (C=O) groups excluding carboxylic acids is 2. The molecule has 0 aromatic heterocycles. The number of benzene rings is 2. The fraction of sp³-hybridized carbons (Fsp3) is 0.304. The van der Waals surface area contributed by atoms with Crippen LogP contribution in [0.1, 0.15) is 44.1 Å². The highest BCUT2D eigenvalue weighted by atomic mass is 35.5. The lowest BCUT2D eigenvalue weighted by atomic mass is 9.77. The van der Waals surface area contributed by atoms with Gasteiger partial charge < -0.3 is 4.74 Å². The molecule has 0 spiro atoms. The van der Waals surface area contributed by atoms with Gasteiger partial charge in [0.15, 0.2) is 5.78 Å². The van der Waals surface area contributed by atoms with Gasteiger partial charge in [-0.15, -0.1) is 0 Å². The summed E-state index contributed by atoms with van der Waals surface area (Å²) in [6, 6.07) is 12.9. The number of ether oxygens (including phenoxy) is 1. The predicted octanol–water partition coefficient (Wildman–Crippen LogP) is 5.92. The van der Waals surface area contributed by atoms with E-state index in [1.165, 1.54) is 0 Å². The fourth-order valence-corrected chi connectivity index (χ4v) is 4.64. The number of anilines is 1. The number of rotatable bonds is 4. The lowest BCUT2D eigenvalue weighted by Crippen LogP contribution is -2.40. The van der Waals surface area contributed by atoms with Gasteiger partial charge in [-0.2, -0.15) is 0 Å². The van der Waals surface area contributed by atoms with Crippen LogP contribution < -0.4 is 9.64 Å². The van der Waals surface area contributed by atoms with Crippen LogP contribution in [-0.4, -0.2) is 18.3 Å². The summed E-state index contributed by atoms with van der Waals surface area (Å²) in [5.74, 6) is 0.381. The van der Waals surface area contributed by atoms with Crippen molar-refractivity contribution in [3.63, 3.8) is 0 Å². The van der Waals surface area contributed by atoms with E-state index in [0.717, 1.165) is 11.3 Å². The lowest BCUT2D eigenvalue weighted by molar-refractivity contribution is -0.119. The highest BCUT2D eigenvalue weighted by molar-refractivity contribution is 6.44. The van der Waals surface area contributed by atoms with Crippen LogP contribution in [0.5, 0.6) is 5.75 Å². The standard InChI is InChI=1S/C23H21Cl2NO3/c1-2-29-20-12-4-3-7-14(20)15-13-21(28)26(17-9-6-11-19(27)22(15)17)18-10-5-8-16(24)23(18)25/h3-5,7-8,10,12,15H,2,6,9,11,13H2,1H3. The zero-order valence-electron chi connectivity index (χ0n) is 16.1. The van der Waals surface area contributed by atoms with E-state index >= 15 is 0 Å². The van der Waals surface area contributed by atoms with Crippen molar-refractivity contribution in [1.29, 1.82) is 0 Å². The maximum absolute atomic E-state index is 13.3. The van der Waals surface area contributed by atoms with Gasteiger partial charge in [0, 0.05) is 35.6 Å². The van der Waals surface area contributed by atoms with Crippen LogP contribution >= 0.6 is 23.2 Å². The molecule has 1 atom stereocenters. The van der Waals surface area contributed by atoms with E-state index in [1.807, 2.05) is 31.2 Å². The largest absolute Gasteiger partial charge is 0.494 e. The molecule has 0 fully saturated rings. The Hall–Kier alpha value is -2.30. The first-order chi connectivity index (χ1) is 14.0. The number of halogens is 2. The number of para-hydroxylation sites is 1. The topological polar surface area (TPSA) is 46.6 Å². The highest BCUT2D eigenvalue weighted by Crippen LogP contribution is 2.47. The first kappa shape index (κ1) is 20.0. The minimum absolute atomic E-state index is 0.0817. The predicted molar refractivity (Wildman–Crippen MR) is 115 cm³/mol. The normalized spacial score (nSPS) is 19.4. The van der Waals surface area contributed by atoms with E-state index in [9.17, 15) is 9.59 Å². The molecule has 1 aliphatic heterocycles. The summed E-state index contributed by atoms with van der Waals surface area (Å²) in [7, 11) is 0. The summed E-state index contributed by atoms with van der Waals surface area (Å²) in [5.41, 5.74) is 2.84. The number of hydrogen-bond donors (Lipinski definition) is 0. The van der Waals surface area contributed by atoms with Crippen molar-refractivity contribution < 1.29 is 14.3 Å². The van der Waals surface area contributed by atoms with E-state index in [2.05, 4.69) is 0 Å².